The minimum atomic E-state index is -2.60. The molecule has 0 radical (unpaired) electrons. The van der Waals surface area contributed by atoms with Gasteiger partial charge < -0.3 is 10.0 Å². The van der Waals surface area contributed by atoms with Crippen LogP contribution in [0.1, 0.15) is 10.4 Å². The number of aliphatic hydroxyl groups is 1. The molecule has 0 aliphatic rings. The van der Waals surface area contributed by atoms with Crippen LogP contribution in [0, 0.1) is 0 Å². The standard InChI is InChI=1S/C11H13F2NO2/c12-10(13)8-14(6-7-15)11(16)9-4-2-1-3-5-9/h1-5,10,15H,6-8H2. The van der Waals surface area contributed by atoms with Gasteiger partial charge in [0.2, 0.25) is 0 Å². The second-order valence-corrected chi connectivity index (χ2v) is 3.23. The maximum absolute atomic E-state index is 12.2. The Hall–Kier alpha value is -1.49. The Morgan fingerprint density at radius 2 is 1.94 bits per heavy atom. The first-order valence-electron chi connectivity index (χ1n) is 4.88. The van der Waals surface area contributed by atoms with Crippen LogP contribution in [-0.4, -0.2) is 42.0 Å². The number of nitrogens with zero attached hydrogens (tertiary/aromatic N) is 1. The van der Waals surface area contributed by atoms with Crippen molar-refractivity contribution in [3.63, 3.8) is 0 Å². The van der Waals surface area contributed by atoms with Crippen molar-refractivity contribution < 1.29 is 18.7 Å². The molecule has 1 aromatic rings. The summed E-state index contributed by atoms with van der Waals surface area (Å²) in [5, 5.41) is 8.71. The topological polar surface area (TPSA) is 40.5 Å². The highest BCUT2D eigenvalue weighted by Gasteiger charge is 2.18. The number of rotatable bonds is 5. The lowest BCUT2D eigenvalue weighted by molar-refractivity contribution is 0.0509. The van der Waals surface area contributed by atoms with Crippen molar-refractivity contribution in [1.82, 2.24) is 4.90 Å². The van der Waals surface area contributed by atoms with E-state index in [1.165, 1.54) is 0 Å². The molecule has 0 heterocycles. The molecular weight excluding hydrogens is 216 g/mol. The summed E-state index contributed by atoms with van der Waals surface area (Å²) >= 11 is 0. The van der Waals surface area contributed by atoms with Gasteiger partial charge in [-0.3, -0.25) is 4.79 Å². The van der Waals surface area contributed by atoms with Gasteiger partial charge >= 0.3 is 0 Å². The number of benzene rings is 1. The minimum absolute atomic E-state index is 0.0853. The fourth-order valence-corrected chi connectivity index (χ4v) is 1.33. The molecule has 0 unspecified atom stereocenters. The molecule has 0 aliphatic carbocycles. The molecule has 0 aliphatic heterocycles. The molecule has 1 amide bonds. The van der Waals surface area contributed by atoms with Gasteiger partial charge in [-0.25, -0.2) is 8.78 Å². The van der Waals surface area contributed by atoms with E-state index in [1.807, 2.05) is 0 Å². The first kappa shape index (κ1) is 12.6. The van der Waals surface area contributed by atoms with Crippen molar-refractivity contribution in [2.24, 2.45) is 0 Å². The van der Waals surface area contributed by atoms with E-state index in [-0.39, 0.29) is 13.2 Å². The molecule has 0 atom stereocenters. The zero-order valence-corrected chi connectivity index (χ0v) is 8.64. The van der Waals surface area contributed by atoms with Crippen LogP contribution >= 0.6 is 0 Å². The highest BCUT2D eigenvalue weighted by molar-refractivity contribution is 5.94. The predicted molar refractivity (Wildman–Crippen MR) is 55.4 cm³/mol. The predicted octanol–water partition coefficient (Wildman–Crippen LogP) is 1.39. The van der Waals surface area contributed by atoms with Gasteiger partial charge in [0.05, 0.1) is 13.2 Å². The van der Waals surface area contributed by atoms with Crippen molar-refractivity contribution in [2.45, 2.75) is 6.43 Å². The van der Waals surface area contributed by atoms with Gasteiger partial charge in [0, 0.05) is 12.1 Å². The van der Waals surface area contributed by atoms with Crippen LogP contribution in [0.2, 0.25) is 0 Å². The van der Waals surface area contributed by atoms with Gasteiger partial charge in [0.25, 0.3) is 12.3 Å². The van der Waals surface area contributed by atoms with Crippen LogP contribution in [-0.2, 0) is 0 Å². The lowest BCUT2D eigenvalue weighted by Crippen LogP contribution is -2.37. The van der Waals surface area contributed by atoms with Gasteiger partial charge in [-0.2, -0.15) is 0 Å². The van der Waals surface area contributed by atoms with Crippen molar-refractivity contribution in [1.29, 1.82) is 0 Å². The lowest BCUT2D eigenvalue weighted by Gasteiger charge is -2.21. The minimum Gasteiger partial charge on any atom is -0.395 e. The van der Waals surface area contributed by atoms with E-state index in [4.69, 9.17) is 5.11 Å². The van der Waals surface area contributed by atoms with Gasteiger partial charge in [-0.15, -0.1) is 0 Å². The Labute approximate surface area is 92.3 Å². The third-order valence-electron chi connectivity index (χ3n) is 2.04. The number of carbonyl (C=O) groups is 1. The van der Waals surface area contributed by atoms with E-state index in [0.717, 1.165) is 4.90 Å². The molecule has 0 spiro atoms. The summed E-state index contributed by atoms with van der Waals surface area (Å²) in [7, 11) is 0. The molecule has 0 fully saturated rings. The van der Waals surface area contributed by atoms with E-state index in [0.29, 0.717) is 5.56 Å². The molecular formula is C11H13F2NO2. The molecule has 16 heavy (non-hydrogen) atoms. The molecule has 0 aromatic heterocycles. The van der Waals surface area contributed by atoms with Crippen LogP contribution in [0.3, 0.4) is 0 Å². The van der Waals surface area contributed by atoms with Crippen molar-refractivity contribution in [3.8, 4) is 0 Å². The van der Waals surface area contributed by atoms with Crippen LogP contribution in [0.25, 0.3) is 0 Å². The van der Waals surface area contributed by atoms with Gasteiger partial charge in [0.15, 0.2) is 0 Å². The van der Waals surface area contributed by atoms with E-state index in [2.05, 4.69) is 0 Å². The van der Waals surface area contributed by atoms with Crippen LogP contribution in [0.15, 0.2) is 30.3 Å². The third kappa shape index (κ3) is 3.58. The van der Waals surface area contributed by atoms with E-state index >= 15 is 0 Å². The molecule has 0 bridgehead atoms. The number of halogens is 2. The third-order valence-corrected chi connectivity index (χ3v) is 2.04. The fraction of sp³-hybridized carbons (Fsp3) is 0.364. The average Bonchev–Trinajstić information content (AvgIpc) is 2.28. The summed E-state index contributed by atoms with van der Waals surface area (Å²) in [6.07, 6.45) is -2.60. The van der Waals surface area contributed by atoms with Crippen LogP contribution in [0.4, 0.5) is 8.78 Å². The summed E-state index contributed by atoms with van der Waals surface area (Å²) in [4.78, 5) is 12.7. The zero-order valence-electron chi connectivity index (χ0n) is 8.64. The SMILES string of the molecule is O=C(c1ccccc1)N(CCO)CC(F)F. The maximum atomic E-state index is 12.2. The quantitative estimate of drug-likeness (QED) is 0.828. The molecule has 1 N–H and O–H groups in total. The normalized spacial score (nSPS) is 10.5. The molecule has 1 aromatic carbocycles. The van der Waals surface area contributed by atoms with Gasteiger partial charge in [-0.05, 0) is 12.1 Å². The largest absolute Gasteiger partial charge is 0.395 e. The second-order valence-electron chi connectivity index (χ2n) is 3.23. The summed E-state index contributed by atoms with van der Waals surface area (Å²) in [5.74, 6) is -0.491. The molecule has 3 nitrogen and oxygen atoms in total. The van der Waals surface area contributed by atoms with Crippen molar-refractivity contribution >= 4 is 5.91 Å². The number of amides is 1. The fourth-order valence-electron chi connectivity index (χ4n) is 1.33. The second kappa shape index (κ2) is 6.17. The Bertz CT molecular complexity index is 330. The van der Waals surface area contributed by atoms with Crippen LogP contribution in [0.5, 0.6) is 0 Å². The number of aliphatic hydroxyl groups excluding tert-OH is 1. The average molecular weight is 229 g/mol. The van der Waals surface area contributed by atoms with E-state index < -0.39 is 18.9 Å². The Balaban J connectivity index is 2.74. The zero-order chi connectivity index (χ0) is 12.0. The Morgan fingerprint density at radius 3 is 2.44 bits per heavy atom. The Morgan fingerprint density at radius 1 is 1.31 bits per heavy atom. The monoisotopic (exact) mass is 229 g/mol. The van der Waals surface area contributed by atoms with E-state index in [1.54, 1.807) is 30.3 Å². The smallest absolute Gasteiger partial charge is 0.255 e. The molecule has 88 valence electrons. The molecule has 0 saturated carbocycles. The lowest BCUT2D eigenvalue weighted by atomic mass is 10.2. The molecule has 0 saturated heterocycles. The van der Waals surface area contributed by atoms with Gasteiger partial charge in [0.1, 0.15) is 0 Å². The van der Waals surface area contributed by atoms with Crippen molar-refractivity contribution in [3.05, 3.63) is 35.9 Å². The molecule has 5 heteroatoms. The van der Waals surface area contributed by atoms with Crippen LogP contribution < -0.4 is 0 Å². The van der Waals surface area contributed by atoms with Crippen molar-refractivity contribution in [2.75, 3.05) is 19.7 Å². The van der Waals surface area contributed by atoms with Gasteiger partial charge in [-0.1, -0.05) is 18.2 Å². The summed E-state index contributed by atoms with van der Waals surface area (Å²) in [6.45, 7) is -1.07. The number of hydrogen-bond acceptors (Lipinski definition) is 2. The maximum Gasteiger partial charge on any atom is 0.255 e. The Kier molecular flexibility index (Phi) is 4.85. The first-order valence-corrected chi connectivity index (χ1v) is 4.88. The summed E-state index contributed by atoms with van der Waals surface area (Å²) < 4.78 is 24.4. The number of carbonyl (C=O) groups excluding carboxylic acids is 1. The summed E-state index contributed by atoms with van der Waals surface area (Å²) in [5.41, 5.74) is 0.344. The van der Waals surface area contributed by atoms with E-state index in [9.17, 15) is 13.6 Å². The summed E-state index contributed by atoms with van der Waals surface area (Å²) in [6, 6.07) is 8.16. The number of alkyl halides is 2. The number of hydrogen-bond donors (Lipinski definition) is 1. The first-order chi connectivity index (χ1) is 7.65. The highest BCUT2D eigenvalue weighted by Crippen LogP contribution is 2.06. The molecule has 1 rings (SSSR count). The highest BCUT2D eigenvalue weighted by atomic mass is 19.3.